The van der Waals surface area contributed by atoms with Crippen molar-refractivity contribution < 1.29 is 0 Å². The van der Waals surface area contributed by atoms with Crippen LogP contribution >= 0.6 is 24.6 Å². The maximum absolute atomic E-state index is 7.78. The molecule has 9 heavy (non-hydrogen) atoms. The van der Waals surface area contributed by atoms with E-state index in [1.807, 2.05) is 0 Å². The van der Waals surface area contributed by atoms with Crippen molar-refractivity contribution in [3.05, 3.63) is 23.1 Å². The molecule has 0 aromatic heterocycles. The molecule has 0 aliphatic carbocycles. The molecule has 0 amide bonds. The second-order valence-corrected chi connectivity index (χ2v) is 2.86. The SMILES string of the molecule is C=CC(S)SNN=[N+]=[N-]. The highest BCUT2D eigenvalue weighted by Gasteiger charge is 1.96. The van der Waals surface area contributed by atoms with Crippen LogP contribution in [-0.4, -0.2) is 4.58 Å². The molecule has 0 heterocycles. The molecule has 0 aromatic rings. The quantitative estimate of drug-likeness (QED) is 0.0969. The summed E-state index contributed by atoms with van der Waals surface area (Å²) in [4.78, 5) is 4.83. The average molecular weight is 162 g/mol. The Morgan fingerprint density at radius 2 is 2.67 bits per heavy atom. The van der Waals surface area contributed by atoms with E-state index in [0.29, 0.717) is 0 Å². The fourth-order valence-electron chi connectivity index (χ4n) is 0.144. The highest BCUT2D eigenvalue weighted by Crippen LogP contribution is 2.10. The van der Waals surface area contributed by atoms with E-state index in [9.17, 15) is 0 Å². The number of thiol groups is 1. The van der Waals surface area contributed by atoms with Crippen molar-refractivity contribution in [2.75, 3.05) is 0 Å². The van der Waals surface area contributed by atoms with Gasteiger partial charge >= 0.3 is 0 Å². The van der Waals surface area contributed by atoms with Crippen LogP contribution in [0, 0.1) is 0 Å². The van der Waals surface area contributed by atoms with Crippen LogP contribution in [0.4, 0.5) is 0 Å². The van der Waals surface area contributed by atoms with E-state index < -0.39 is 0 Å². The topological polar surface area (TPSA) is 60.8 Å². The molecule has 4 nitrogen and oxygen atoms in total. The molecule has 0 aliphatic heterocycles. The Balaban J connectivity index is 3.26. The van der Waals surface area contributed by atoms with Crippen molar-refractivity contribution in [3.8, 4) is 0 Å². The standard InChI is InChI=1S/C3H6N4S2/c1-2-3(8)9-7-6-5-4/h2-3,7-8H,1H2. The van der Waals surface area contributed by atoms with E-state index in [2.05, 4.69) is 34.2 Å². The number of nitrogens with zero attached hydrogens (tertiary/aromatic N) is 3. The summed E-state index contributed by atoms with van der Waals surface area (Å²) in [5, 5.41) is 3.06. The van der Waals surface area contributed by atoms with Gasteiger partial charge in [-0.15, -0.1) is 12.1 Å². The van der Waals surface area contributed by atoms with Gasteiger partial charge in [-0.1, -0.05) is 6.08 Å². The monoisotopic (exact) mass is 162 g/mol. The Bertz CT molecular complexity index is 130. The Kier molecular flexibility index (Phi) is 5.40. The van der Waals surface area contributed by atoms with Crippen molar-refractivity contribution >= 4 is 24.6 Å². The zero-order valence-electron chi connectivity index (χ0n) is 4.56. The molecule has 1 N–H and O–H groups in total. The van der Waals surface area contributed by atoms with E-state index >= 15 is 0 Å². The largest absolute Gasteiger partial charge is 0.197 e. The highest BCUT2D eigenvalue weighted by atomic mass is 32.2. The van der Waals surface area contributed by atoms with Gasteiger partial charge in [0, 0.05) is 0 Å². The molecule has 0 fully saturated rings. The molecule has 1 atom stereocenters. The smallest absolute Gasteiger partial charge is 0.107 e. The first-order valence-electron chi connectivity index (χ1n) is 2.06. The first-order valence-corrected chi connectivity index (χ1v) is 3.46. The Morgan fingerprint density at radius 3 is 3.11 bits per heavy atom. The molecule has 6 heteroatoms. The molecular formula is C3H6N4S2. The molecule has 1 unspecified atom stereocenters. The van der Waals surface area contributed by atoms with Crippen LogP contribution in [0.2, 0.25) is 0 Å². The summed E-state index contributed by atoms with van der Waals surface area (Å²) < 4.78 is -0.0458. The summed E-state index contributed by atoms with van der Waals surface area (Å²) >= 11 is 5.18. The maximum Gasteiger partial charge on any atom is 0.107 e. The summed E-state index contributed by atoms with van der Waals surface area (Å²) in [6, 6.07) is 0. The maximum atomic E-state index is 7.78. The predicted molar refractivity (Wildman–Crippen MR) is 42.8 cm³/mol. The molecule has 0 saturated heterocycles. The van der Waals surface area contributed by atoms with Gasteiger partial charge in [0.25, 0.3) is 0 Å². The highest BCUT2D eigenvalue weighted by molar-refractivity contribution is 8.09. The lowest BCUT2D eigenvalue weighted by molar-refractivity contribution is 1.08. The molecule has 0 spiro atoms. The molecular weight excluding hydrogens is 156 g/mol. The predicted octanol–water partition coefficient (Wildman–Crippen LogP) is 1.89. The van der Waals surface area contributed by atoms with E-state index in [1.165, 1.54) is 11.9 Å². The number of hydrogen-bond acceptors (Lipinski definition) is 3. The van der Waals surface area contributed by atoms with Gasteiger partial charge in [0.2, 0.25) is 0 Å². The zero-order valence-corrected chi connectivity index (χ0v) is 6.27. The molecule has 0 rings (SSSR count). The molecule has 0 bridgehead atoms. The fraction of sp³-hybridized carbons (Fsp3) is 0.333. The van der Waals surface area contributed by atoms with Gasteiger partial charge in [-0.25, -0.2) is 0 Å². The molecule has 50 valence electrons. The van der Waals surface area contributed by atoms with Crippen LogP contribution in [0.25, 0.3) is 10.4 Å². The second-order valence-electron chi connectivity index (χ2n) is 1.02. The molecule has 0 saturated carbocycles. The second kappa shape index (κ2) is 5.68. The van der Waals surface area contributed by atoms with Gasteiger partial charge in [0.15, 0.2) is 0 Å². The number of nitrogens with one attached hydrogen (secondary N) is 1. The van der Waals surface area contributed by atoms with E-state index in [1.54, 1.807) is 6.08 Å². The van der Waals surface area contributed by atoms with Crippen molar-refractivity contribution in [2.45, 2.75) is 4.58 Å². The summed E-state index contributed by atoms with van der Waals surface area (Å²) in [7, 11) is 0. The Morgan fingerprint density at radius 1 is 2.00 bits per heavy atom. The van der Waals surface area contributed by atoms with Crippen LogP contribution < -0.4 is 4.83 Å². The van der Waals surface area contributed by atoms with Crippen molar-refractivity contribution in [3.63, 3.8) is 0 Å². The lowest BCUT2D eigenvalue weighted by atomic mass is 10.8. The normalized spacial score (nSPS) is 11.2. The van der Waals surface area contributed by atoms with Crippen LogP contribution in [0.1, 0.15) is 0 Å². The van der Waals surface area contributed by atoms with Crippen LogP contribution in [0.3, 0.4) is 0 Å². The van der Waals surface area contributed by atoms with Crippen LogP contribution in [-0.2, 0) is 0 Å². The summed E-state index contributed by atoms with van der Waals surface area (Å²) in [6.07, 6.45) is 1.62. The van der Waals surface area contributed by atoms with Gasteiger partial charge in [-0.3, -0.25) is 0 Å². The third-order valence-electron chi connectivity index (χ3n) is 0.461. The third kappa shape index (κ3) is 5.42. The summed E-state index contributed by atoms with van der Waals surface area (Å²) in [6.45, 7) is 3.47. The number of azide groups is 1. The first-order chi connectivity index (χ1) is 4.31. The van der Waals surface area contributed by atoms with Gasteiger partial charge in [0.05, 0.1) is 11.9 Å². The van der Waals surface area contributed by atoms with Gasteiger partial charge in [-0.2, -0.15) is 22.4 Å². The van der Waals surface area contributed by atoms with Crippen molar-refractivity contribution in [1.82, 2.24) is 4.83 Å². The van der Waals surface area contributed by atoms with Crippen molar-refractivity contribution in [1.29, 1.82) is 0 Å². The van der Waals surface area contributed by atoms with Gasteiger partial charge in [0.1, 0.15) is 4.58 Å². The van der Waals surface area contributed by atoms with E-state index in [-0.39, 0.29) is 4.58 Å². The molecule has 0 aliphatic rings. The minimum Gasteiger partial charge on any atom is -0.197 e. The molecule has 0 radical (unpaired) electrons. The minimum absolute atomic E-state index is 0.0458. The minimum atomic E-state index is -0.0458. The first kappa shape index (κ1) is 8.55. The average Bonchev–Trinajstić information content (AvgIpc) is 1.89. The third-order valence-corrected chi connectivity index (χ3v) is 1.61. The lowest BCUT2D eigenvalue weighted by Gasteiger charge is -1.95. The molecule has 0 aromatic carbocycles. The van der Waals surface area contributed by atoms with E-state index in [0.717, 1.165) is 0 Å². The van der Waals surface area contributed by atoms with Crippen LogP contribution in [0.5, 0.6) is 0 Å². The number of hydrogen-bond donors (Lipinski definition) is 2. The Hall–Kier alpha value is -0.450. The van der Waals surface area contributed by atoms with Crippen molar-refractivity contribution in [2.24, 2.45) is 5.22 Å². The summed E-state index contributed by atoms with van der Waals surface area (Å²) in [5.41, 5.74) is 7.78. The summed E-state index contributed by atoms with van der Waals surface area (Å²) in [5.74, 6) is 0. The van der Waals surface area contributed by atoms with Gasteiger partial charge in [-0.05, 0) is 5.22 Å². The lowest BCUT2D eigenvalue weighted by Crippen LogP contribution is -1.95. The van der Waals surface area contributed by atoms with E-state index in [4.69, 9.17) is 5.53 Å². The zero-order chi connectivity index (χ0) is 7.11. The number of rotatable bonds is 4. The fourth-order valence-corrected chi connectivity index (χ4v) is 0.573. The van der Waals surface area contributed by atoms with Crippen LogP contribution in [0.15, 0.2) is 17.9 Å². The van der Waals surface area contributed by atoms with Gasteiger partial charge < -0.3 is 0 Å². The Labute approximate surface area is 62.8 Å².